The Morgan fingerprint density at radius 2 is 1.83 bits per heavy atom. The van der Waals surface area contributed by atoms with Gasteiger partial charge in [-0.15, -0.1) is 0 Å². The average molecular weight is 408 g/mol. The van der Waals surface area contributed by atoms with Gasteiger partial charge in [0, 0.05) is 45.6 Å². The molecule has 2 rings (SSSR count). The Bertz CT molecular complexity index is 624. The molecule has 29 heavy (non-hydrogen) atoms. The van der Waals surface area contributed by atoms with Crippen LogP contribution in [0.2, 0.25) is 0 Å². The summed E-state index contributed by atoms with van der Waals surface area (Å²) in [6, 6.07) is 0. The number of hydrogen-bond donors (Lipinski definition) is 2. The number of likely N-dealkylation sites (N-methyl/N-ethyl adjacent to an activating group) is 1. The van der Waals surface area contributed by atoms with Gasteiger partial charge in [-0.25, -0.2) is 0 Å². The largest absolute Gasteiger partial charge is 0.481 e. The molecule has 1 aliphatic heterocycles. The zero-order chi connectivity index (χ0) is 21.6. The molecule has 7 heteroatoms. The van der Waals surface area contributed by atoms with Crippen molar-refractivity contribution in [3.8, 4) is 0 Å². The van der Waals surface area contributed by atoms with Gasteiger partial charge in [-0.05, 0) is 44.1 Å². The molecule has 1 saturated heterocycles. The molecule has 2 N–H and O–H groups in total. The molecule has 1 heterocycles. The van der Waals surface area contributed by atoms with Crippen LogP contribution in [0.25, 0.3) is 0 Å². The van der Waals surface area contributed by atoms with Crippen molar-refractivity contribution in [2.45, 2.75) is 46.5 Å². The number of rotatable bonds is 8. The van der Waals surface area contributed by atoms with E-state index in [1.54, 1.807) is 0 Å². The second kappa shape index (κ2) is 10.8. The maximum Gasteiger partial charge on any atom is 0.303 e. The van der Waals surface area contributed by atoms with Gasteiger partial charge in [-0.1, -0.05) is 25.5 Å². The number of hydrogen-bond acceptors (Lipinski definition) is 4. The summed E-state index contributed by atoms with van der Waals surface area (Å²) in [5.74, 6) is 0.395. The third kappa shape index (κ3) is 7.14. The van der Waals surface area contributed by atoms with Gasteiger partial charge in [0.05, 0.1) is 6.42 Å². The van der Waals surface area contributed by atoms with Gasteiger partial charge in [0.15, 0.2) is 0 Å². The predicted molar refractivity (Wildman–Crippen MR) is 112 cm³/mol. The number of carbonyl (C=O) groups is 3. The lowest BCUT2D eigenvalue weighted by molar-refractivity contribution is -0.139. The summed E-state index contributed by atoms with van der Waals surface area (Å²) in [5.41, 5.74) is 1.23. The van der Waals surface area contributed by atoms with Gasteiger partial charge in [0.25, 0.3) is 0 Å². The highest BCUT2D eigenvalue weighted by Crippen LogP contribution is 2.39. The first-order chi connectivity index (χ1) is 13.7. The molecule has 2 amide bonds. The van der Waals surface area contributed by atoms with Gasteiger partial charge < -0.3 is 20.2 Å². The van der Waals surface area contributed by atoms with Gasteiger partial charge in [0.2, 0.25) is 11.8 Å². The van der Waals surface area contributed by atoms with Crippen molar-refractivity contribution >= 4 is 17.8 Å². The second-order valence-electron chi connectivity index (χ2n) is 9.00. The third-order valence-corrected chi connectivity index (χ3v) is 6.46. The molecule has 1 aliphatic carbocycles. The molecule has 0 radical (unpaired) electrons. The number of amides is 2. The number of carbonyl (C=O) groups excluding carboxylic acids is 2. The lowest BCUT2D eigenvalue weighted by atomic mass is 9.69. The summed E-state index contributed by atoms with van der Waals surface area (Å²) < 4.78 is 0. The smallest absolute Gasteiger partial charge is 0.303 e. The summed E-state index contributed by atoms with van der Waals surface area (Å²) in [7, 11) is 2.09. The van der Waals surface area contributed by atoms with E-state index in [1.165, 1.54) is 5.57 Å². The molecule has 164 valence electrons. The fourth-order valence-corrected chi connectivity index (χ4v) is 4.44. The number of allylic oxidation sites excluding steroid dienone is 1. The highest BCUT2D eigenvalue weighted by molar-refractivity contribution is 5.80. The van der Waals surface area contributed by atoms with E-state index in [0.717, 1.165) is 32.6 Å². The van der Waals surface area contributed by atoms with E-state index in [9.17, 15) is 14.4 Å². The van der Waals surface area contributed by atoms with Crippen LogP contribution in [0.5, 0.6) is 0 Å². The molecule has 0 spiro atoms. The van der Waals surface area contributed by atoms with E-state index in [4.69, 9.17) is 5.11 Å². The average Bonchev–Trinajstić information content (AvgIpc) is 2.66. The number of carboxylic acids is 1. The number of carboxylic acid groups (broad SMARTS) is 1. The van der Waals surface area contributed by atoms with Crippen molar-refractivity contribution in [3.05, 3.63) is 11.6 Å². The van der Waals surface area contributed by atoms with Crippen molar-refractivity contribution in [1.82, 2.24) is 15.1 Å². The van der Waals surface area contributed by atoms with Crippen molar-refractivity contribution < 1.29 is 19.5 Å². The monoisotopic (exact) mass is 407 g/mol. The van der Waals surface area contributed by atoms with Gasteiger partial charge in [-0.3, -0.25) is 14.4 Å². The Hall–Kier alpha value is -1.89. The van der Waals surface area contributed by atoms with E-state index in [0.29, 0.717) is 24.8 Å². The molecule has 1 fully saturated rings. The van der Waals surface area contributed by atoms with E-state index in [-0.39, 0.29) is 36.5 Å². The third-order valence-electron chi connectivity index (χ3n) is 6.46. The number of aliphatic carboxylic acids is 1. The van der Waals surface area contributed by atoms with Crippen molar-refractivity contribution in [2.24, 2.45) is 23.7 Å². The molecule has 2 aliphatic rings. The quantitative estimate of drug-likeness (QED) is 0.601. The zero-order valence-corrected chi connectivity index (χ0v) is 18.3. The van der Waals surface area contributed by atoms with Crippen LogP contribution in [0.3, 0.4) is 0 Å². The van der Waals surface area contributed by atoms with Gasteiger partial charge in [0.1, 0.15) is 0 Å². The second-order valence-corrected chi connectivity index (χ2v) is 9.00. The molecular formula is C22H37N3O4. The summed E-state index contributed by atoms with van der Waals surface area (Å²) in [6.45, 7) is 10.5. The minimum absolute atomic E-state index is 0.0131. The van der Waals surface area contributed by atoms with Gasteiger partial charge in [-0.2, -0.15) is 0 Å². The Morgan fingerprint density at radius 3 is 2.41 bits per heavy atom. The Balaban J connectivity index is 1.94. The molecule has 3 atom stereocenters. The van der Waals surface area contributed by atoms with Crippen LogP contribution in [-0.4, -0.2) is 72.5 Å². The summed E-state index contributed by atoms with van der Waals surface area (Å²) in [6.07, 6.45) is 3.62. The maximum absolute atomic E-state index is 12.8. The lowest BCUT2D eigenvalue weighted by Gasteiger charge is -2.38. The first kappa shape index (κ1) is 23.4. The first-order valence-corrected chi connectivity index (χ1v) is 10.8. The van der Waals surface area contributed by atoms with Crippen LogP contribution in [0.4, 0.5) is 0 Å². The number of nitrogens with one attached hydrogen (secondary N) is 1. The molecular weight excluding hydrogens is 370 g/mol. The van der Waals surface area contributed by atoms with Crippen LogP contribution in [0.15, 0.2) is 11.6 Å². The Morgan fingerprint density at radius 1 is 1.17 bits per heavy atom. The standard InChI is InChI=1S/C22H37N3O4/c1-15(2)19-12-17(13-21(27)25-9-7-24(4)8-10-25)16(3)11-18(19)14-23-20(26)5-6-22(28)29/h11,15,17-19H,5-10,12-14H2,1-4H3,(H,23,26)(H,28,29)/t17-,18-,19-/m0/s1. The van der Waals surface area contributed by atoms with Crippen LogP contribution < -0.4 is 5.32 Å². The Labute approximate surface area is 174 Å². The Kier molecular flexibility index (Phi) is 8.68. The number of nitrogens with zero attached hydrogens (tertiary/aromatic N) is 2. The zero-order valence-electron chi connectivity index (χ0n) is 18.3. The molecule has 7 nitrogen and oxygen atoms in total. The van der Waals surface area contributed by atoms with E-state index >= 15 is 0 Å². The van der Waals surface area contributed by atoms with E-state index in [2.05, 4.69) is 44.1 Å². The summed E-state index contributed by atoms with van der Waals surface area (Å²) >= 11 is 0. The fourth-order valence-electron chi connectivity index (χ4n) is 4.44. The SMILES string of the molecule is CC1=C[C@@H](CNC(=O)CCC(=O)O)[C@H](C(C)C)C[C@H]1CC(=O)N1CCN(C)CC1. The number of piperazine rings is 1. The normalized spacial score (nSPS) is 25.6. The topological polar surface area (TPSA) is 89.9 Å². The van der Waals surface area contributed by atoms with E-state index < -0.39 is 5.97 Å². The highest BCUT2D eigenvalue weighted by atomic mass is 16.4. The van der Waals surface area contributed by atoms with Crippen molar-refractivity contribution in [1.29, 1.82) is 0 Å². The molecule has 0 saturated carbocycles. The molecule has 0 aromatic carbocycles. The fraction of sp³-hybridized carbons (Fsp3) is 0.773. The van der Waals surface area contributed by atoms with E-state index in [1.807, 2.05) is 4.90 Å². The van der Waals surface area contributed by atoms with Crippen LogP contribution in [-0.2, 0) is 14.4 Å². The minimum Gasteiger partial charge on any atom is -0.481 e. The molecule has 0 aromatic rings. The van der Waals surface area contributed by atoms with Crippen LogP contribution in [0.1, 0.15) is 46.5 Å². The minimum atomic E-state index is -0.957. The van der Waals surface area contributed by atoms with Crippen molar-refractivity contribution in [2.75, 3.05) is 39.8 Å². The molecule has 0 aromatic heterocycles. The van der Waals surface area contributed by atoms with Crippen LogP contribution >= 0.6 is 0 Å². The lowest BCUT2D eigenvalue weighted by Crippen LogP contribution is -2.47. The maximum atomic E-state index is 12.8. The first-order valence-electron chi connectivity index (χ1n) is 10.8. The van der Waals surface area contributed by atoms with Gasteiger partial charge >= 0.3 is 5.97 Å². The summed E-state index contributed by atoms with van der Waals surface area (Å²) in [5, 5.41) is 11.6. The van der Waals surface area contributed by atoms with Crippen molar-refractivity contribution in [3.63, 3.8) is 0 Å². The summed E-state index contributed by atoms with van der Waals surface area (Å²) in [4.78, 5) is 39.6. The molecule has 0 unspecified atom stereocenters. The predicted octanol–water partition coefficient (Wildman–Crippen LogP) is 1.99. The molecule has 0 bridgehead atoms. The highest BCUT2D eigenvalue weighted by Gasteiger charge is 2.33. The van der Waals surface area contributed by atoms with Crippen LogP contribution in [0, 0.1) is 23.7 Å².